The third-order valence-corrected chi connectivity index (χ3v) is 7.65. The second-order valence-corrected chi connectivity index (χ2v) is 11.2. The fourth-order valence-corrected chi connectivity index (χ4v) is 5.66. The molecule has 15 nitrogen and oxygen atoms in total. The number of halogens is 3. The maximum atomic E-state index is 12.9. The van der Waals surface area contributed by atoms with Crippen molar-refractivity contribution in [3.63, 3.8) is 0 Å². The van der Waals surface area contributed by atoms with Gasteiger partial charge in [0.25, 0.3) is 5.91 Å². The molecule has 1 aromatic heterocycles. The van der Waals surface area contributed by atoms with Crippen LogP contribution < -0.4 is 15.4 Å². The number of hydrogen-bond donors (Lipinski definition) is 6. The number of alkyl halides is 3. The number of carbonyl (C=O) groups excluding carboxylic acids is 2. The summed E-state index contributed by atoms with van der Waals surface area (Å²) in [6.45, 7) is 5.06. The molecule has 3 rings (SSSR count). The van der Waals surface area contributed by atoms with Crippen molar-refractivity contribution in [2.45, 2.75) is 63.3 Å². The molecule has 0 saturated heterocycles. The molecular formula is C25H31F3N6O9S. The number of carbonyl (C=O) groups is 4. The number of aryl methyl sites for hydroxylation is 3. The largest absolute Gasteiger partial charge is 0.490 e. The summed E-state index contributed by atoms with van der Waals surface area (Å²) in [5.41, 5.74) is 1.30. The monoisotopic (exact) mass is 648 g/mol. The van der Waals surface area contributed by atoms with Crippen molar-refractivity contribution in [1.82, 2.24) is 20.0 Å². The van der Waals surface area contributed by atoms with E-state index in [1.165, 1.54) is 0 Å². The molecule has 1 aliphatic heterocycles. The van der Waals surface area contributed by atoms with Crippen molar-refractivity contribution in [2.75, 3.05) is 18.4 Å². The first-order valence-corrected chi connectivity index (χ1v) is 14.3. The van der Waals surface area contributed by atoms with Crippen LogP contribution in [0, 0.1) is 20.8 Å². The van der Waals surface area contributed by atoms with E-state index in [1.807, 2.05) is 6.92 Å². The van der Waals surface area contributed by atoms with Crippen molar-refractivity contribution < 1.29 is 55.8 Å². The Balaban J connectivity index is 0.000000860. The number of hydrogen-bond acceptors (Lipinski definition) is 10. The molecule has 1 unspecified atom stereocenters. The Morgan fingerprint density at radius 3 is 2.25 bits per heavy atom. The van der Waals surface area contributed by atoms with E-state index in [9.17, 15) is 41.1 Å². The van der Waals surface area contributed by atoms with E-state index in [2.05, 4.69) is 30.5 Å². The van der Waals surface area contributed by atoms with E-state index in [0.717, 1.165) is 12.0 Å². The lowest BCUT2D eigenvalue weighted by atomic mass is 10.0. The molecule has 44 heavy (non-hydrogen) atoms. The molecule has 0 saturated carbocycles. The number of aliphatic carboxylic acids is 2. The number of aromatic nitrogens is 2. The number of oxime groups is 1. The van der Waals surface area contributed by atoms with Crippen molar-refractivity contribution >= 4 is 45.3 Å². The van der Waals surface area contributed by atoms with Crippen LogP contribution in [0.3, 0.4) is 0 Å². The number of carboxylic acids is 2. The predicted molar refractivity (Wildman–Crippen MR) is 147 cm³/mol. The van der Waals surface area contributed by atoms with Crippen LogP contribution in [0.5, 0.6) is 0 Å². The highest BCUT2D eigenvalue weighted by Crippen LogP contribution is 2.22. The van der Waals surface area contributed by atoms with Crippen LogP contribution in [0.15, 0.2) is 34.6 Å². The molecule has 0 fully saturated rings. The molecule has 0 radical (unpaired) electrons. The molecule has 242 valence electrons. The quantitative estimate of drug-likeness (QED) is 0.170. The Kier molecular flexibility index (Phi) is 12.4. The van der Waals surface area contributed by atoms with Crippen LogP contribution in [0.4, 0.5) is 19.1 Å². The zero-order chi connectivity index (χ0) is 33.2. The molecule has 2 heterocycles. The smallest absolute Gasteiger partial charge is 0.480 e. The number of benzene rings is 1. The first-order valence-electron chi connectivity index (χ1n) is 12.9. The standard InChI is InChI=1S/C23H30N6O7S.C2HF3O2/c1-13-10-14(2)20(15(3)11-13)37(34,35)29-16(22(32)33)12-27-21(31)18-19(30)17(36-28-18)6-4-5-7-24-23-25-8-9-26-23;3-2(4,5)1(6)7/h8-11,16-17,29H,4-7,12H2,1-3H3,(H,27,31)(H,32,33)(H2,24,25,26);(H,6,7)/t16-,17?;/m0./s1. The molecule has 1 amide bonds. The SMILES string of the molecule is Cc1cc(C)c(S(=O)(=O)N[C@@H](CNC(=O)C2=NOC(CCCCNc3ncc[nH]3)C2=O)C(=O)O)c(C)c1.O=C(O)C(F)(F)F. The number of carboxylic acid groups (broad SMARTS) is 2. The molecular weight excluding hydrogens is 617 g/mol. The topological polar surface area (TPSA) is 229 Å². The number of H-pyrrole nitrogens is 1. The minimum absolute atomic E-state index is 0.0263. The molecule has 1 aromatic carbocycles. The number of rotatable bonds is 13. The van der Waals surface area contributed by atoms with E-state index < -0.39 is 64.2 Å². The fourth-order valence-electron chi connectivity index (χ4n) is 4.02. The molecule has 0 aliphatic carbocycles. The van der Waals surface area contributed by atoms with Crippen molar-refractivity contribution in [3.05, 3.63) is 41.2 Å². The van der Waals surface area contributed by atoms with Crippen LogP contribution in [0.1, 0.15) is 36.0 Å². The number of sulfonamides is 1. The van der Waals surface area contributed by atoms with Crippen molar-refractivity contribution in [1.29, 1.82) is 0 Å². The number of imidazole rings is 1. The number of anilines is 1. The molecule has 0 spiro atoms. The average Bonchev–Trinajstić information content (AvgIpc) is 3.55. The number of nitrogens with zero attached hydrogens (tertiary/aromatic N) is 2. The highest BCUT2D eigenvalue weighted by atomic mass is 32.2. The highest BCUT2D eigenvalue weighted by molar-refractivity contribution is 7.89. The summed E-state index contributed by atoms with van der Waals surface area (Å²) in [5.74, 6) is -5.17. The maximum Gasteiger partial charge on any atom is 0.490 e. The molecule has 19 heteroatoms. The van der Waals surface area contributed by atoms with Crippen LogP contribution in [-0.4, -0.2) is 89.4 Å². The number of amides is 1. The van der Waals surface area contributed by atoms with Gasteiger partial charge in [-0.3, -0.25) is 14.4 Å². The minimum atomic E-state index is -5.08. The Labute approximate surface area is 249 Å². The first-order chi connectivity index (χ1) is 20.4. The summed E-state index contributed by atoms with van der Waals surface area (Å²) in [5, 5.41) is 25.5. The normalized spacial score (nSPS) is 15.4. The third-order valence-electron chi connectivity index (χ3n) is 5.87. The van der Waals surface area contributed by atoms with E-state index in [1.54, 1.807) is 38.4 Å². The zero-order valence-corrected chi connectivity index (χ0v) is 24.5. The van der Waals surface area contributed by atoms with Gasteiger partial charge in [0.1, 0.15) is 6.04 Å². The summed E-state index contributed by atoms with van der Waals surface area (Å²) in [6, 6.07) is 1.67. The summed E-state index contributed by atoms with van der Waals surface area (Å²) in [4.78, 5) is 57.6. The van der Waals surface area contributed by atoms with Gasteiger partial charge in [0, 0.05) is 25.5 Å². The van der Waals surface area contributed by atoms with Gasteiger partial charge in [-0.05, 0) is 51.2 Å². The van der Waals surface area contributed by atoms with Gasteiger partial charge < -0.3 is 30.7 Å². The molecule has 6 N–H and O–H groups in total. The second-order valence-electron chi connectivity index (χ2n) is 9.51. The lowest BCUT2D eigenvalue weighted by Gasteiger charge is -2.18. The van der Waals surface area contributed by atoms with Crippen LogP contribution in [0.25, 0.3) is 0 Å². The minimum Gasteiger partial charge on any atom is -0.480 e. The van der Waals surface area contributed by atoms with Gasteiger partial charge in [-0.25, -0.2) is 18.2 Å². The van der Waals surface area contributed by atoms with Crippen LogP contribution >= 0.6 is 0 Å². The molecule has 2 atom stereocenters. The van der Waals surface area contributed by atoms with E-state index in [4.69, 9.17) is 14.7 Å². The Morgan fingerprint density at radius 1 is 1.11 bits per heavy atom. The Bertz CT molecular complexity index is 1470. The fraction of sp³-hybridized carbons (Fsp3) is 0.440. The number of nitrogens with one attached hydrogen (secondary N) is 4. The number of ketones is 1. The average molecular weight is 649 g/mol. The maximum absolute atomic E-state index is 12.9. The number of Topliss-reactive ketones (excluding diaryl/α,β-unsaturated/α-hetero) is 1. The molecule has 2 aromatic rings. The van der Waals surface area contributed by atoms with E-state index in [-0.39, 0.29) is 4.90 Å². The lowest BCUT2D eigenvalue weighted by Crippen LogP contribution is -2.50. The summed E-state index contributed by atoms with van der Waals surface area (Å²) >= 11 is 0. The molecule has 1 aliphatic rings. The first kappa shape index (κ1) is 35.7. The van der Waals surface area contributed by atoms with E-state index >= 15 is 0 Å². The van der Waals surface area contributed by atoms with Gasteiger partial charge in [0.15, 0.2) is 12.1 Å². The van der Waals surface area contributed by atoms with Gasteiger partial charge in [-0.15, -0.1) is 0 Å². The van der Waals surface area contributed by atoms with Gasteiger partial charge in [-0.2, -0.15) is 17.9 Å². The predicted octanol–water partition coefficient (Wildman–Crippen LogP) is 1.42. The zero-order valence-electron chi connectivity index (χ0n) is 23.7. The second kappa shape index (κ2) is 15.3. The van der Waals surface area contributed by atoms with Gasteiger partial charge >= 0.3 is 18.1 Å². The summed E-state index contributed by atoms with van der Waals surface area (Å²) in [7, 11) is -4.21. The van der Waals surface area contributed by atoms with Crippen molar-refractivity contribution in [3.8, 4) is 0 Å². The van der Waals surface area contributed by atoms with Gasteiger partial charge in [-0.1, -0.05) is 22.9 Å². The van der Waals surface area contributed by atoms with Crippen LogP contribution in [-0.2, 0) is 34.0 Å². The lowest BCUT2D eigenvalue weighted by molar-refractivity contribution is -0.192. The van der Waals surface area contributed by atoms with E-state index in [0.29, 0.717) is 36.5 Å². The third kappa shape index (κ3) is 10.3. The number of aromatic amines is 1. The summed E-state index contributed by atoms with van der Waals surface area (Å²) < 4.78 is 59.7. The van der Waals surface area contributed by atoms with Gasteiger partial charge in [0.05, 0.1) is 4.90 Å². The Hall–Kier alpha value is -4.52. The Morgan fingerprint density at radius 2 is 1.73 bits per heavy atom. The van der Waals surface area contributed by atoms with Crippen LogP contribution in [0.2, 0.25) is 0 Å². The van der Waals surface area contributed by atoms with Crippen molar-refractivity contribution in [2.24, 2.45) is 5.16 Å². The molecule has 0 bridgehead atoms. The summed E-state index contributed by atoms with van der Waals surface area (Å²) in [6.07, 6.45) is -1.00. The number of unbranched alkanes of at least 4 members (excludes halogenated alkanes) is 1. The highest BCUT2D eigenvalue weighted by Gasteiger charge is 2.38. The van der Waals surface area contributed by atoms with Gasteiger partial charge in [0.2, 0.25) is 21.5 Å².